The fourth-order valence-corrected chi connectivity index (χ4v) is 5.33. The average Bonchev–Trinajstić information content (AvgIpc) is 3.84. The summed E-state index contributed by atoms with van der Waals surface area (Å²) in [5, 5.41) is 17.2. The monoisotopic (exact) mass is 486 g/mol. The minimum Gasteiger partial charge on any atom is -0.478 e. The van der Waals surface area contributed by atoms with Crippen LogP contribution < -0.4 is 5.32 Å². The van der Waals surface area contributed by atoms with Gasteiger partial charge in [0, 0.05) is 48.5 Å². The van der Waals surface area contributed by atoms with Crippen LogP contribution >= 0.6 is 0 Å². The number of carboxylic acids is 1. The van der Waals surface area contributed by atoms with Crippen LogP contribution in [0.1, 0.15) is 81.9 Å². The van der Waals surface area contributed by atoms with E-state index in [-0.39, 0.29) is 22.8 Å². The van der Waals surface area contributed by atoms with Gasteiger partial charge in [0.05, 0.1) is 5.56 Å². The van der Waals surface area contributed by atoms with Gasteiger partial charge >= 0.3 is 5.97 Å². The van der Waals surface area contributed by atoms with Crippen molar-refractivity contribution in [2.45, 2.75) is 55.4 Å². The maximum Gasteiger partial charge on any atom is 0.335 e. The Kier molecular flexibility index (Phi) is 5.84. The van der Waals surface area contributed by atoms with Crippen molar-refractivity contribution >= 4 is 11.9 Å². The van der Waals surface area contributed by atoms with Crippen LogP contribution in [0, 0.1) is 0 Å². The summed E-state index contributed by atoms with van der Waals surface area (Å²) in [6, 6.07) is 17.3. The highest BCUT2D eigenvalue weighted by molar-refractivity contribution is 5.96. The van der Waals surface area contributed by atoms with Crippen LogP contribution in [0.2, 0.25) is 0 Å². The molecule has 3 fully saturated rings. The van der Waals surface area contributed by atoms with Crippen LogP contribution in [0.4, 0.5) is 0 Å². The summed E-state index contributed by atoms with van der Waals surface area (Å²) in [6.45, 7) is 2.10. The number of hydrogen-bond donors (Lipinski definition) is 2. The molecule has 2 atom stereocenters. The zero-order chi connectivity index (χ0) is 24.7. The number of hydrogen-bond acceptors (Lipinski definition) is 6. The maximum absolute atomic E-state index is 12.8. The van der Waals surface area contributed by atoms with Crippen molar-refractivity contribution in [1.82, 2.24) is 20.4 Å². The van der Waals surface area contributed by atoms with E-state index >= 15 is 0 Å². The summed E-state index contributed by atoms with van der Waals surface area (Å²) in [5.41, 5.74) is 2.08. The number of likely N-dealkylation sites (tertiary alicyclic amines) is 1. The lowest BCUT2D eigenvalue weighted by Crippen LogP contribution is -2.38. The molecule has 3 aromatic rings. The van der Waals surface area contributed by atoms with Gasteiger partial charge in [-0.2, -0.15) is 4.98 Å². The third-order valence-electron chi connectivity index (χ3n) is 8.00. The van der Waals surface area contributed by atoms with Crippen LogP contribution in [-0.2, 0) is 5.41 Å². The average molecular weight is 487 g/mol. The molecule has 0 bridgehead atoms. The first-order valence-electron chi connectivity index (χ1n) is 12.8. The van der Waals surface area contributed by atoms with Crippen molar-refractivity contribution in [3.63, 3.8) is 0 Å². The number of nitrogens with zero attached hydrogens (tertiary/aromatic N) is 3. The molecule has 2 N–H and O–H groups in total. The minimum atomic E-state index is -0.999. The molecule has 0 unspecified atom stereocenters. The first-order chi connectivity index (χ1) is 17.5. The first-order valence-corrected chi connectivity index (χ1v) is 12.8. The van der Waals surface area contributed by atoms with E-state index in [1.165, 1.54) is 24.1 Å². The second kappa shape index (κ2) is 9.17. The van der Waals surface area contributed by atoms with Crippen LogP contribution in [0.5, 0.6) is 0 Å². The van der Waals surface area contributed by atoms with E-state index in [0.717, 1.165) is 38.1 Å². The number of nitrogens with one attached hydrogen (secondary N) is 1. The summed E-state index contributed by atoms with van der Waals surface area (Å²) >= 11 is 0. The van der Waals surface area contributed by atoms with Gasteiger partial charge in [0.1, 0.15) is 0 Å². The Morgan fingerprint density at radius 2 is 1.72 bits per heavy atom. The standard InChI is InChI=1S/C28H30N4O4/c33-25(20-6-8-21(9-7-20)26(34)35)32-14-10-19(11-15-32)24-30-27(31-36-24)28(12-13-28)17-29-23-16-22(23)18-4-2-1-3-5-18/h1-9,19,22-23,29H,10-17H2,(H,34,35)/t22-,23+/m1/s1. The molecule has 1 amide bonds. The normalized spacial score (nSPS) is 22.8. The van der Waals surface area contributed by atoms with Crippen LogP contribution in [0.3, 0.4) is 0 Å². The number of aromatic nitrogens is 2. The van der Waals surface area contributed by atoms with Gasteiger partial charge in [-0.25, -0.2) is 4.79 Å². The predicted molar refractivity (Wildman–Crippen MR) is 132 cm³/mol. The quantitative estimate of drug-likeness (QED) is 0.496. The Balaban J connectivity index is 1.02. The highest BCUT2D eigenvalue weighted by Crippen LogP contribution is 2.48. The van der Waals surface area contributed by atoms with Crippen LogP contribution in [0.15, 0.2) is 59.1 Å². The van der Waals surface area contributed by atoms with Crippen molar-refractivity contribution in [2.75, 3.05) is 19.6 Å². The van der Waals surface area contributed by atoms with Gasteiger partial charge in [-0.15, -0.1) is 0 Å². The molecule has 1 saturated heterocycles. The molecule has 186 valence electrons. The molecule has 2 aromatic carbocycles. The number of carbonyl (C=O) groups excluding carboxylic acids is 1. The molecule has 2 saturated carbocycles. The van der Waals surface area contributed by atoms with Crippen LogP contribution in [0.25, 0.3) is 0 Å². The molecule has 8 nitrogen and oxygen atoms in total. The van der Waals surface area contributed by atoms with E-state index in [0.29, 0.717) is 36.5 Å². The lowest BCUT2D eigenvalue weighted by molar-refractivity contribution is 0.0687. The third-order valence-corrected chi connectivity index (χ3v) is 8.00. The SMILES string of the molecule is O=C(O)c1ccc(C(=O)N2CCC(c3nc(C4(CN[C@H]5C[C@@H]5c5ccccc5)CC4)no3)CC2)cc1. The minimum absolute atomic E-state index is 0.00956. The zero-order valence-electron chi connectivity index (χ0n) is 20.1. The molecular formula is C28H30N4O4. The smallest absolute Gasteiger partial charge is 0.335 e. The van der Waals surface area contributed by atoms with Gasteiger partial charge in [0.2, 0.25) is 5.89 Å². The molecule has 1 aromatic heterocycles. The van der Waals surface area contributed by atoms with Gasteiger partial charge < -0.3 is 19.8 Å². The topological polar surface area (TPSA) is 109 Å². The molecule has 2 heterocycles. The molecule has 2 aliphatic carbocycles. The molecule has 0 spiro atoms. The lowest BCUT2D eigenvalue weighted by Gasteiger charge is -2.30. The van der Waals surface area contributed by atoms with E-state index in [1.807, 2.05) is 4.90 Å². The molecule has 36 heavy (non-hydrogen) atoms. The van der Waals surface area contributed by atoms with Crippen LogP contribution in [-0.4, -0.2) is 57.7 Å². The Bertz CT molecular complexity index is 1240. The molecular weight excluding hydrogens is 456 g/mol. The summed E-state index contributed by atoms with van der Waals surface area (Å²) in [5.74, 6) is 1.18. The van der Waals surface area contributed by atoms with E-state index in [1.54, 1.807) is 12.1 Å². The zero-order valence-corrected chi connectivity index (χ0v) is 20.1. The number of rotatable bonds is 8. The summed E-state index contributed by atoms with van der Waals surface area (Å²) in [4.78, 5) is 30.5. The molecule has 8 heteroatoms. The predicted octanol–water partition coefficient (Wildman–Crippen LogP) is 3.96. The second-order valence-corrected chi connectivity index (χ2v) is 10.4. The summed E-state index contributed by atoms with van der Waals surface area (Å²) in [7, 11) is 0. The Labute approximate surface area is 209 Å². The van der Waals surface area contributed by atoms with Crippen molar-refractivity contribution in [3.8, 4) is 0 Å². The Hall–Kier alpha value is -3.52. The molecule has 3 aliphatic rings. The van der Waals surface area contributed by atoms with Gasteiger partial charge in [0.25, 0.3) is 5.91 Å². The molecule has 0 radical (unpaired) electrons. The number of piperidine rings is 1. The third kappa shape index (κ3) is 4.53. The lowest BCUT2D eigenvalue weighted by atomic mass is 9.96. The van der Waals surface area contributed by atoms with Gasteiger partial charge in [-0.3, -0.25) is 4.79 Å². The second-order valence-electron chi connectivity index (χ2n) is 10.4. The summed E-state index contributed by atoms with van der Waals surface area (Å²) < 4.78 is 5.71. The number of amides is 1. The van der Waals surface area contributed by atoms with Crippen molar-refractivity contribution < 1.29 is 19.2 Å². The number of aromatic carboxylic acids is 1. The number of carbonyl (C=O) groups is 2. The Morgan fingerprint density at radius 3 is 2.39 bits per heavy atom. The van der Waals surface area contributed by atoms with Gasteiger partial charge in [0.15, 0.2) is 5.82 Å². The number of benzene rings is 2. The maximum atomic E-state index is 12.8. The fourth-order valence-electron chi connectivity index (χ4n) is 5.33. The number of carboxylic acid groups (broad SMARTS) is 1. The fraction of sp³-hybridized carbons (Fsp3) is 0.429. The van der Waals surface area contributed by atoms with Crippen molar-refractivity contribution in [2.24, 2.45) is 0 Å². The highest BCUT2D eigenvalue weighted by Gasteiger charge is 2.50. The van der Waals surface area contributed by atoms with E-state index in [2.05, 4.69) is 40.8 Å². The molecule has 6 rings (SSSR count). The van der Waals surface area contributed by atoms with Gasteiger partial charge in [-0.1, -0.05) is 35.5 Å². The largest absolute Gasteiger partial charge is 0.478 e. The van der Waals surface area contributed by atoms with Crippen molar-refractivity contribution in [3.05, 3.63) is 83.0 Å². The van der Waals surface area contributed by atoms with E-state index < -0.39 is 5.97 Å². The van der Waals surface area contributed by atoms with E-state index in [9.17, 15) is 9.59 Å². The van der Waals surface area contributed by atoms with Crippen molar-refractivity contribution in [1.29, 1.82) is 0 Å². The Morgan fingerprint density at radius 1 is 1.03 bits per heavy atom. The summed E-state index contributed by atoms with van der Waals surface area (Å²) in [6.07, 6.45) is 4.88. The highest BCUT2D eigenvalue weighted by atomic mass is 16.5. The first kappa shape index (κ1) is 22.9. The molecule has 1 aliphatic heterocycles. The van der Waals surface area contributed by atoms with Gasteiger partial charge in [-0.05, 0) is 61.9 Å². The van der Waals surface area contributed by atoms with E-state index in [4.69, 9.17) is 14.6 Å².